The third-order valence-electron chi connectivity index (χ3n) is 6.38. The van der Waals surface area contributed by atoms with Crippen LogP contribution in [0, 0.1) is 13.8 Å². The van der Waals surface area contributed by atoms with E-state index in [2.05, 4.69) is 110 Å². The first-order valence-corrected chi connectivity index (χ1v) is 11.2. The number of rotatable bonds is 3. The van der Waals surface area contributed by atoms with E-state index < -0.39 is 0 Å². The van der Waals surface area contributed by atoms with Crippen LogP contribution in [0.25, 0.3) is 43.4 Å². The lowest BCUT2D eigenvalue weighted by Gasteiger charge is -2.19. The molecule has 0 saturated heterocycles. The zero-order valence-corrected chi connectivity index (χ0v) is 18.7. The third kappa shape index (κ3) is 3.23. The van der Waals surface area contributed by atoms with E-state index in [-0.39, 0.29) is 0 Å². The molecule has 0 aliphatic rings. The molecule has 0 bridgehead atoms. The van der Waals surface area contributed by atoms with Gasteiger partial charge in [0.25, 0.3) is 0 Å². The molecule has 0 atom stereocenters. The summed E-state index contributed by atoms with van der Waals surface area (Å²) in [5.41, 5.74) is 4.75. The summed E-state index contributed by atoms with van der Waals surface area (Å²) in [6.45, 7) is 4.20. The molecule has 6 rings (SSSR count). The van der Waals surface area contributed by atoms with Gasteiger partial charge in [0, 0.05) is 28.6 Å². The van der Waals surface area contributed by atoms with Crippen LogP contribution in [0.4, 0.5) is 0 Å². The Kier molecular flexibility index (Phi) is 4.58. The highest BCUT2D eigenvalue weighted by atomic mass is 16.5. The summed E-state index contributed by atoms with van der Waals surface area (Å²) < 4.78 is 6.64. The molecule has 1 heterocycles. The monoisotopic (exact) mass is 425 g/mol. The quantitative estimate of drug-likeness (QED) is 0.265. The first-order valence-electron chi connectivity index (χ1n) is 11.2. The van der Waals surface area contributed by atoms with Crippen molar-refractivity contribution in [3.8, 4) is 22.6 Å². The van der Waals surface area contributed by atoms with Gasteiger partial charge in [-0.2, -0.15) is 0 Å². The third-order valence-corrected chi connectivity index (χ3v) is 6.38. The van der Waals surface area contributed by atoms with Gasteiger partial charge in [-0.05, 0) is 58.8 Å². The van der Waals surface area contributed by atoms with Crippen LogP contribution in [0.15, 0.2) is 103 Å². The molecule has 2 heteroatoms. The van der Waals surface area contributed by atoms with Crippen LogP contribution in [0.5, 0.6) is 11.5 Å². The highest BCUT2D eigenvalue weighted by Crippen LogP contribution is 2.46. The summed E-state index contributed by atoms with van der Waals surface area (Å²) in [6, 6.07) is 32.0. The average molecular weight is 426 g/mol. The number of aryl methyl sites for hydroxylation is 2. The van der Waals surface area contributed by atoms with Crippen molar-refractivity contribution < 1.29 is 4.74 Å². The van der Waals surface area contributed by atoms with Crippen molar-refractivity contribution in [2.45, 2.75) is 13.8 Å². The topological polar surface area (TPSA) is 22.1 Å². The largest absolute Gasteiger partial charge is 0.456 e. The van der Waals surface area contributed by atoms with Crippen LogP contribution >= 0.6 is 0 Å². The summed E-state index contributed by atoms with van der Waals surface area (Å²) in [4.78, 5) is 4.51. The zero-order chi connectivity index (χ0) is 22.4. The fraction of sp³-hybridized carbons (Fsp3) is 0.0645. The Morgan fingerprint density at radius 3 is 2.21 bits per heavy atom. The molecule has 158 valence electrons. The van der Waals surface area contributed by atoms with Gasteiger partial charge in [0.1, 0.15) is 11.5 Å². The summed E-state index contributed by atoms with van der Waals surface area (Å²) in [7, 11) is 0. The summed E-state index contributed by atoms with van der Waals surface area (Å²) in [6.07, 6.45) is 3.81. The number of fused-ring (bicyclic) bond motifs is 3. The van der Waals surface area contributed by atoms with Gasteiger partial charge < -0.3 is 4.74 Å². The van der Waals surface area contributed by atoms with Gasteiger partial charge >= 0.3 is 0 Å². The van der Waals surface area contributed by atoms with Gasteiger partial charge in [0.05, 0.1) is 0 Å². The van der Waals surface area contributed by atoms with Crippen LogP contribution < -0.4 is 4.74 Å². The fourth-order valence-corrected chi connectivity index (χ4v) is 4.85. The first kappa shape index (κ1) is 19.5. The van der Waals surface area contributed by atoms with E-state index in [1.54, 1.807) is 0 Å². The van der Waals surface area contributed by atoms with Crippen molar-refractivity contribution in [3.05, 3.63) is 115 Å². The Bertz CT molecular complexity index is 1600. The summed E-state index contributed by atoms with van der Waals surface area (Å²) in [5, 5.41) is 6.87. The van der Waals surface area contributed by atoms with Crippen molar-refractivity contribution in [2.24, 2.45) is 0 Å². The second kappa shape index (κ2) is 7.75. The van der Waals surface area contributed by atoms with E-state index in [4.69, 9.17) is 4.74 Å². The van der Waals surface area contributed by atoms with Crippen LogP contribution in [0.1, 0.15) is 11.1 Å². The Balaban J connectivity index is 1.72. The van der Waals surface area contributed by atoms with E-state index in [1.165, 1.54) is 27.5 Å². The highest BCUT2D eigenvalue weighted by molar-refractivity contribution is 6.19. The predicted octanol–water partition coefficient (Wildman–Crippen LogP) is 8.62. The lowest BCUT2D eigenvalue weighted by molar-refractivity contribution is 0.489. The molecule has 0 aliphatic carbocycles. The van der Waals surface area contributed by atoms with Crippen molar-refractivity contribution in [3.63, 3.8) is 0 Å². The van der Waals surface area contributed by atoms with E-state index in [1.807, 2.05) is 12.4 Å². The number of ether oxygens (including phenoxy) is 1. The maximum Gasteiger partial charge on any atom is 0.143 e. The van der Waals surface area contributed by atoms with Crippen molar-refractivity contribution >= 4 is 32.3 Å². The van der Waals surface area contributed by atoms with Crippen LogP contribution in [-0.4, -0.2) is 4.98 Å². The molecular weight excluding hydrogens is 402 g/mol. The fourth-order valence-electron chi connectivity index (χ4n) is 4.85. The Morgan fingerprint density at radius 1 is 0.636 bits per heavy atom. The Labute approximate surface area is 193 Å². The minimum atomic E-state index is 0.874. The normalized spacial score (nSPS) is 11.3. The number of hydrogen-bond donors (Lipinski definition) is 0. The van der Waals surface area contributed by atoms with Crippen molar-refractivity contribution in [1.29, 1.82) is 0 Å². The maximum atomic E-state index is 6.64. The number of aromatic nitrogens is 1. The summed E-state index contributed by atoms with van der Waals surface area (Å²) in [5.74, 6) is 1.75. The van der Waals surface area contributed by atoms with Gasteiger partial charge in [-0.1, -0.05) is 84.4 Å². The molecule has 0 radical (unpaired) electrons. The maximum absolute atomic E-state index is 6.64. The Hall–Kier alpha value is -4.17. The molecule has 6 aromatic rings. The molecule has 0 spiro atoms. The molecular formula is C31H23NO. The van der Waals surface area contributed by atoms with E-state index >= 15 is 0 Å². The molecule has 2 nitrogen and oxygen atoms in total. The minimum absolute atomic E-state index is 0.874. The number of pyridine rings is 1. The van der Waals surface area contributed by atoms with Gasteiger partial charge in [0.2, 0.25) is 0 Å². The lowest BCUT2D eigenvalue weighted by atomic mass is 9.89. The summed E-state index contributed by atoms with van der Waals surface area (Å²) >= 11 is 0. The van der Waals surface area contributed by atoms with Gasteiger partial charge in [-0.25, -0.2) is 0 Å². The van der Waals surface area contributed by atoms with Crippen molar-refractivity contribution in [1.82, 2.24) is 4.98 Å². The van der Waals surface area contributed by atoms with E-state index in [0.29, 0.717) is 0 Å². The molecule has 5 aromatic carbocycles. The van der Waals surface area contributed by atoms with Gasteiger partial charge in [0.15, 0.2) is 0 Å². The number of nitrogens with zero attached hydrogens (tertiary/aromatic N) is 1. The predicted molar refractivity (Wildman–Crippen MR) is 138 cm³/mol. The molecule has 1 aromatic heterocycles. The van der Waals surface area contributed by atoms with Crippen molar-refractivity contribution in [2.75, 3.05) is 0 Å². The highest BCUT2D eigenvalue weighted by Gasteiger charge is 2.18. The minimum Gasteiger partial charge on any atom is -0.456 e. The molecule has 0 N–H and O–H groups in total. The smallest absolute Gasteiger partial charge is 0.143 e. The molecule has 0 saturated carbocycles. The number of hydrogen-bond acceptors (Lipinski definition) is 2. The van der Waals surface area contributed by atoms with Crippen LogP contribution in [-0.2, 0) is 0 Å². The molecule has 0 unspecified atom stereocenters. The molecule has 0 aliphatic heterocycles. The number of benzene rings is 5. The molecule has 0 amide bonds. The van der Waals surface area contributed by atoms with Gasteiger partial charge in [-0.3, -0.25) is 4.98 Å². The molecule has 33 heavy (non-hydrogen) atoms. The van der Waals surface area contributed by atoms with Crippen LogP contribution in [0.3, 0.4) is 0 Å². The van der Waals surface area contributed by atoms with Crippen LogP contribution in [0.2, 0.25) is 0 Å². The average Bonchev–Trinajstić information content (AvgIpc) is 2.85. The van der Waals surface area contributed by atoms with Gasteiger partial charge in [-0.15, -0.1) is 0 Å². The second-order valence-electron chi connectivity index (χ2n) is 8.57. The molecule has 0 fully saturated rings. The zero-order valence-electron chi connectivity index (χ0n) is 18.7. The first-order chi connectivity index (χ1) is 16.2. The van der Waals surface area contributed by atoms with E-state index in [9.17, 15) is 0 Å². The SMILES string of the molecule is Cc1ccc(Oc2c3ccccc3c(-c3cccc4ccccc34)c3cnccc23)c(C)c1. The second-order valence-corrected chi connectivity index (χ2v) is 8.57. The lowest BCUT2D eigenvalue weighted by Crippen LogP contribution is -1.94. The van der Waals surface area contributed by atoms with E-state index in [0.717, 1.165) is 38.6 Å². The Morgan fingerprint density at radius 2 is 1.36 bits per heavy atom. The standard InChI is InChI=1S/C31H23NO/c1-20-14-15-29(21(2)18-20)33-31-26-12-6-5-11-25(26)30(28-19-32-17-16-27(28)31)24-13-7-9-22-8-3-4-10-23(22)24/h3-19H,1-2H3.